The number of hydrogen-bond donors (Lipinski definition) is 0. The molecule has 0 aliphatic heterocycles. The van der Waals surface area contributed by atoms with Gasteiger partial charge in [0.15, 0.2) is 6.10 Å². The summed E-state index contributed by atoms with van der Waals surface area (Å²) in [7, 11) is 0. The predicted octanol–water partition coefficient (Wildman–Crippen LogP) is 15.9. The maximum Gasteiger partial charge on any atom is 0.306 e. The zero-order valence-corrected chi connectivity index (χ0v) is 37.8. The van der Waals surface area contributed by atoms with Gasteiger partial charge in [-0.1, -0.05) is 176 Å². The second-order valence-corrected chi connectivity index (χ2v) is 15.2. The van der Waals surface area contributed by atoms with Crippen LogP contribution in [0.15, 0.2) is 97.2 Å². The van der Waals surface area contributed by atoms with Crippen molar-refractivity contribution >= 4 is 11.9 Å². The first-order chi connectivity index (χ1) is 28.6. The third kappa shape index (κ3) is 45.5. The molecule has 330 valence electrons. The molecular formula is C53H88O5. The Hall–Kier alpha value is -3.18. The molecule has 0 rings (SSSR count). The van der Waals surface area contributed by atoms with Crippen LogP contribution in [0.4, 0.5) is 0 Å². The minimum Gasteiger partial charge on any atom is -0.462 e. The van der Waals surface area contributed by atoms with Crippen molar-refractivity contribution < 1.29 is 23.8 Å². The van der Waals surface area contributed by atoms with Crippen molar-refractivity contribution in [3.05, 3.63) is 97.2 Å². The van der Waals surface area contributed by atoms with E-state index in [0.717, 1.165) is 116 Å². The van der Waals surface area contributed by atoms with E-state index in [1.54, 1.807) is 0 Å². The summed E-state index contributed by atoms with van der Waals surface area (Å²) < 4.78 is 17.3. The molecule has 0 bridgehead atoms. The van der Waals surface area contributed by atoms with Gasteiger partial charge >= 0.3 is 11.9 Å². The third-order valence-corrected chi connectivity index (χ3v) is 9.57. The minimum atomic E-state index is -0.568. The number of unbranched alkanes of at least 4 members (excludes halogenated alkanes) is 15. The summed E-state index contributed by atoms with van der Waals surface area (Å²) >= 11 is 0. The second kappa shape index (κ2) is 48.2. The van der Waals surface area contributed by atoms with Crippen LogP contribution in [0.25, 0.3) is 0 Å². The molecule has 0 aliphatic rings. The molecule has 0 aromatic carbocycles. The van der Waals surface area contributed by atoms with Crippen LogP contribution < -0.4 is 0 Å². The lowest BCUT2D eigenvalue weighted by Crippen LogP contribution is -2.30. The van der Waals surface area contributed by atoms with Gasteiger partial charge in [-0.3, -0.25) is 9.59 Å². The first-order valence-electron chi connectivity index (χ1n) is 23.8. The van der Waals surface area contributed by atoms with Crippen LogP contribution in [-0.2, 0) is 23.8 Å². The normalized spacial score (nSPS) is 13.1. The second-order valence-electron chi connectivity index (χ2n) is 15.2. The van der Waals surface area contributed by atoms with E-state index in [4.69, 9.17) is 14.2 Å². The number of carbonyl (C=O) groups is 2. The highest BCUT2D eigenvalue weighted by Crippen LogP contribution is 2.12. The van der Waals surface area contributed by atoms with Gasteiger partial charge in [0.2, 0.25) is 0 Å². The lowest BCUT2D eigenvalue weighted by molar-refractivity contribution is -0.163. The maximum absolute atomic E-state index is 12.7. The van der Waals surface area contributed by atoms with Crippen LogP contribution in [0, 0.1) is 0 Å². The van der Waals surface area contributed by atoms with Crippen molar-refractivity contribution in [1.29, 1.82) is 0 Å². The molecule has 0 saturated carbocycles. The number of carbonyl (C=O) groups excluding carboxylic acids is 2. The number of allylic oxidation sites excluding steroid dienone is 16. The first-order valence-corrected chi connectivity index (χ1v) is 23.8. The fourth-order valence-corrected chi connectivity index (χ4v) is 6.10. The summed E-state index contributed by atoms with van der Waals surface area (Å²) in [5.74, 6) is -0.463. The van der Waals surface area contributed by atoms with Crippen molar-refractivity contribution in [3.63, 3.8) is 0 Å². The Bertz CT molecular complexity index is 1140. The van der Waals surface area contributed by atoms with E-state index < -0.39 is 6.10 Å². The van der Waals surface area contributed by atoms with Gasteiger partial charge in [0, 0.05) is 19.4 Å². The minimum absolute atomic E-state index is 0.0547. The molecule has 0 amide bonds. The van der Waals surface area contributed by atoms with Gasteiger partial charge in [-0.15, -0.1) is 0 Å². The molecular weight excluding hydrogens is 717 g/mol. The van der Waals surface area contributed by atoms with Crippen molar-refractivity contribution in [2.75, 3.05) is 19.8 Å². The van der Waals surface area contributed by atoms with Crippen LogP contribution >= 0.6 is 0 Å². The molecule has 0 aliphatic carbocycles. The summed E-state index contributed by atoms with van der Waals surface area (Å²) in [4.78, 5) is 25.3. The molecule has 0 aromatic heterocycles. The van der Waals surface area contributed by atoms with Crippen molar-refractivity contribution in [2.24, 2.45) is 0 Å². The van der Waals surface area contributed by atoms with Crippen LogP contribution in [0.3, 0.4) is 0 Å². The van der Waals surface area contributed by atoms with Crippen molar-refractivity contribution in [1.82, 2.24) is 0 Å². The highest BCUT2D eigenvalue weighted by atomic mass is 16.6. The Kier molecular flexibility index (Phi) is 45.5. The van der Waals surface area contributed by atoms with Crippen LogP contribution in [0.5, 0.6) is 0 Å². The molecule has 1 atom stereocenters. The molecule has 0 aromatic rings. The molecule has 0 N–H and O–H groups in total. The highest BCUT2D eigenvalue weighted by Gasteiger charge is 2.17. The summed E-state index contributed by atoms with van der Waals surface area (Å²) in [6.45, 7) is 7.45. The van der Waals surface area contributed by atoms with E-state index in [2.05, 4.69) is 118 Å². The Morgan fingerprint density at radius 1 is 0.397 bits per heavy atom. The van der Waals surface area contributed by atoms with Crippen LogP contribution in [0.1, 0.15) is 201 Å². The first kappa shape index (κ1) is 54.8. The van der Waals surface area contributed by atoms with Gasteiger partial charge < -0.3 is 14.2 Å². The number of hydrogen-bond acceptors (Lipinski definition) is 5. The fraction of sp³-hybridized carbons (Fsp3) is 0.660. The number of ether oxygens (including phenoxy) is 3. The fourth-order valence-electron chi connectivity index (χ4n) is 6.10. The van der Waals surface area contributed by atoms with E-state index in [9.17, 15) is 9.59 Å². The zero-order chi connectivity index (χ0) is 42.1. The molecule has 5 nitrogen and oxygen atoms in total. The SMILES string of the molecule is CC/C=C\C/C=C\C/C=C\CCCCCCCC(=O)OCC(COCCCCCCCC/C=C\C/C=C\CCC)OC(=O)CCCCC/C=C\C/C=C\C/C=C\CC. The summed E-state index contributed by atoms with van der Waals surface area (Å²) in [5, 5.41) is 0. The van der Waals surface area contributed by atoms with Crippen LogP contribution in [-0.4, -0.2) is 37.9 Å². The smallest absolute Gasteiger partial charge is 0.306 e. The molecule has 0 spiro atoms. The van der Waals surface area contributed by atoms with Gasteiger partial charge in [0.05, 0.1) is 6.61 Å². The summed E-state index contributed by atoms with van der Waals surface area (Å²) in [6, 6.07) is 0. The van der Waals surface area contributed by atoms with E-state index in [0.29, 0.717) is 19.4 Å². The number of esters is 2. The Labute approximate surface area is 358 Å². The molecule has 0 heterocycles. The highest BCUT2D eigenvalue weighted by molar-refractivity contribution is 5.70. The lowest BCUT2D eigenvalue weighted by Gasteiger charge is -2.18. The molecule has 0 fully saturated rings. The van der Waals surface area contributed by atoms with Crippen molar-refractivity contribution in [2.45, 2.75) is 207 Å². The molecule has 58 heavy (non-hydrogen) atoms. The number of rotatable bonds is 42. The van der Waals surface area contributed by atoms with Gasteiger partial charge in [-0.25, -0.2) is 0 Å². The Balaban J connectivity index is 4.37. The molecule has 0 radical (unpaired) electrons. The Morgan fingerprint density at radius 2 is 0.776 bits per heavy atom. The van der Waals surface area contributed by atoms with E-state index in [1.807, 2.05) is 0 Å². The van der Waals surface area contributed by atoms with Gasteiger partial charge in [-0.2, -0.15) is 0 Å². The summed E-state index contributed by atoms with van der Waals surface area (Å²) in [6.07, 6.45) is 64.1. The molecule has 1 unspecified atom stereocenters. The predicted molar refractivity (Wildman–Crippen MR) is 251 cm³/mol. The average molecular weight is 805 g/mol. The average Bonchev–Trinajstić information content (AvgIpc) is 3.22. The zero-order valence-electron chi connectivity index (χ0n) is 37.8. The quantitative estimate of drug-likeness (QED) is 0.0349. The molecule has 0 saturated heterocycles. The topological polar surface area (TPSA) is 61.8 Å². The van der Waals surface area contributed by atoms with E-state index in [-0.39, 0.29) is 25.2 Å². The third-order valence-electron chi connectivity index (χ3n) is 9.57. The van der Waals surface area contributed by atoms with E-state index >= 15 is 0 Å². The maximum atomic E-state index is 12.7. The molecule has 5 heteroatoms. The van der Waals surface area contributed by atoms with Crippen molar-refractivity contribution in [3.8, 4) is 0 Å². The lowest BCUT2D eigenvalue weighted by atomic mass is 10.1. The van der Waals surface area contributed by atoms with Crippen LogP contribution in [0.2, 0.25) is 0 Å². The largest absolute Gasteiger partial charge is 0.462 e. The van der Waals surface area contributed by atoms with Gasteiger partial charge in [0.25, 0.3) is 0 Å². The van der Waals surface area contributed by atoms with Gasteiger partial charge in [-0.05, 0) is 109 Å². The standard InChI is InChI=1S/C53H88O5/c1-4-7-10-13-16-19-22-25-27-29-31-34-37-40-43-46-52(54)57-50-51(49-56-48-45-42-39-36-33-30-26-23-20-17-14-11-8-5-2)58-53(55)47-44-41-38-35-32-28-24-21-18-15-12-9-6-3/h7,9-12,14,16,18-21,23,25,27-28,32,51H,4-6,8,13,15,17,22,24,26,29-31,33-50H2,1-3H3/b10-7-,12-9-,14-11-,19-16-,21-18-,23-20-,27-25-,32-28-. The monoisotopic (exact) mass is 805 g/mol. The van der Waals surface area contributed by atoms with Gasteiger partial charge in [0.1, 0.15) is 6.61 Å². The van der Waals surface area contributed by atoms with E-state index in [1.165, 1.54) is 51.4 Å². The Morgan fingerprint density at radius 3 is 1.26 bits per heavy atom. The summed E-state index contributed by atoms with van der Waals surface area (Å²) in [5.41, 5.74) is 0.